The molecule has 0 aromatic heterocycles. The number of hydrogen-bond acceptors (Lipinski definition) is 6. The van der Waals surface area contributed by atoms with E-state index < -0.39 is 12.0 Å². The third-order valence-corrected chi connectivity index (χ3v) is 3.75. The number of aliphatic hydroxyl groups is 1. The molecule has 0 saturated carbocycles. The van der Waals surface area contributed by atoms with Gasteiger partial charge in [0, 0.05) is 18.0 Å². The fraction of sp³-hybridized carbons (Fsp3) is 0.750. The van der Waals surface area contributed by atoms with Crippen LogP contribution in [-0.2, 0) is 19.0 Å². The molecule has 2 fully saturated rings. The summed E-state index contributed by atoms with van der Waals surface area (Å²) >= 11 is 0. The highest BCUT2D eigenvalue weighted by Gasteiger charge is 2.57. The maximum absolute atomic E-state index is 12.0. The van der Waals surface area contributed by atoms with Crippen LogP contribution in [0.1, 0.15) is 20.3 Å². The molecule has 0 radical (unpaired) electrons. The smallest absolute Gasteiger partial charge is 0.336 e. The second kappa shape index (κ2) is 3.94. The summed E-state index contributed by atoms with van der Waals surface area (Å²) in [5.41, 5.74) is -0.0240. The summed E-state index contributed by atoms with van der Waals surface area (Å²) in [5, 5.41) is 13.4. The summed E-state index contributed by atoms with van der Waals surface area (Å²) < 4.78 is 16.1. The summed E-state index contributed by atoms with van der Waals surface area (Å²) in [4.78, 5) is 12.0. The zero-order valence-corrected chi connectivity index (χ0v) is 10.4. The van der Waals surface area contributed by atoms with Gasteiger partial charge in [0.25, 0.3) is 0 Å². The molecule has 2 saturated heterocycles. The Kier molecular flexibility index (Phi) is 2.62. The average molecular weight is 255 g/mol. The quantitative estimate of drug-likeness (QED) is 0.670. The molecule has 4 unspecified atom stereocenters. The predicted octanol–water partition coefficient (Wildman–Crippen LogP) is -0.123. The molecule has 6 nitrogen and oxygen atoms in total. The second-order valence-corrected chi connectivity index (χ2v) is 4.96. The van der Waals surface area contributed by atoms with Crippen molar-refractivity contribution in [2.45, 2.75) is 38.4 Å². The number of carbonyl (C=O) groups is 1. The van der Waals surface area contributed by atoms with E-state index in [1.807, 2.05) is 0 Å². The van der Waals surface area contributed by atoms with Crippen molar-refractivity contribution in [3.63, 3.8) is 0 Å². The van der Waals surface area contributed by atoms with Crippen LogP contribution in [0.3, 0.4) is 0 Å². The Morgan fingerprint density at radius 3 is 3.17 bits per heavy atom. The zero-order chi connectivity index (χ0) is 12.9. The first-order valence-electron chi connectivity index (χ1n) is 6.20. The van der Waals surface area contributed by atoms with Crippen LogP contribution in [0.4, 0.5) is 0 Å². The highest BCUT2D eigenvalue weighted by atomic mass is 16.7. The van der Waals surface area contributed by atoms with E-state index >= 15 is 0 Å². The van der Waals surface area contributed by atoms with E-state index in [2.05, 4.69) is 5.32 Å². The fourth-order valence-corrected chi connectivity index (χ4v) is 3.03. The van der Waals surface area contributed by atoms with Crippen molar-refractivity contribution in [3.8, 4) is 0 Å². The van der Waals surface area contributed by atoms with Gasteiger partial charge < -0.3 is 24.6 Å². The largest absolute Gasteiger partial charge is 0.463 e. The molecule has 0 aliphatic carbocycles. The zero-order valence-electron chi connectivity index (χ0n) is 10.4. The molecule has 3 heterocycles. The van der Waals surface area contributed by atoms with Gasteiger partial charge in [0.15, 0.2) is 5.72 Å². The molecule has 4 atom stereocenters. The lowest BCUT2D eigenvalue weighted by atomic mass is 9.80. The van der Waals surface area contributed by atoms with Crippen LogP contribution in [-0.4, -0.2) is 42.4 Å². The monoisotopic (exact) mass is 255 g/mol. The molecular weight excluding hydrogens is 238 g/mol. The van der Waals surface area contributed by atoms with Crippen LogP contribution in [0.5, 0.6) is 0 Å². The Morgan fingerprint density at radius 1 is 1.67 bits per heavy atom. The summed E-state index contributed by atoms with van der Waals surface area (Å²) in [6, 6.07) is 0. The van der Waals surface area contributed by atoms with E-state index in [4.69, 9.17) is 14.2 Å². The number of fused-ring (bicyclic) bond motifs is 6. The first-order valence-corrected chi connectivity index (χ1v) is 6.20. The average Bonchev–Trinajstić information content (AvgIpc) is 2.73. The molecule has 18 heavy (non-hydrogen) atoms. The van der Waals surface area contributed by atoms with Crippen molar-refractivity contribution in [2.24, 2.45) is 5.92 Å². The maximum atomic E-state index is 12.0. The molecule has 3 aliphatic heterocycles. The molecule has 6 heteroatoms. The predicted molar refractivity (Wildman–Crippen MR) is 60.1 cm³/mol. The third-order valence-electron chi connectivity index (χ3n) is 3.75. The van der Waals surface area contributed by atoms with Crippen molar-refractivity contribution in [3.05, 3.63) is 11.3 Å². The molecule has 3 rings (SSSR count). The lowest BCUT2D eigenvalue weighted by Gasteiger charge is -2.45. The Bertz CT molecular complexity index is 421. The molecule has 0 aromatic rings. The minimum atomic E-state index is -1.24. The number of hydrogen-bond donors (Lipinski definition) is 2. The van der Waals surface area contributed by atoms with Gasteiger partial charge >= 0.3 is 5.97 Å². The van der Waals surface area contributed by atoms with Crippen molar-refractivity contribution < 1.29 is 24.1 Å². The van der Waals surface area contributed by atoms with Crippen LogP contribution in [0.15, 0.2) is 11.3 Å². The minimum absolute atomic E-state index is 0.172. The van der Waals surface area contributed by atoms with E-state index in [1.54, 1.807) is 13.8 Å². The van der Waals surface area contributed by atoms with Crippen molar-refractivity contribution >= 4 is 5.97 Å². The van der Waals surface area contributed by atoms with Crippen LogP contribution in [0.25, 0.3) is 0 Å². The van der Waals surface area contributed by atoms with Crippen molar-refractivity contribution in [1.29, 1.82) is 0 Å². The molecule has 3 aliphatic rings. The summed E-state index contributed by atoms with van der Waals surface area (Å²) in [5.74, 6) is -0.516. The van der Waals surface area contributed by atoms with E-state index in [0.717, 1.165) is 0 Å². The van der Waals surface area contributed by atoms with Crippen molar-refractivity contribution in [2.75, 3.05) is 13.2 Å². The second-order valence-electron chi connectivity index (χ2n) is 4.96. The first kappa shape index (κ1) is 12.0. The Hall–Kier alpha value is -1.11. The van der Waals surface area contributed by atoms with Gasteiger partial charge in [-0.1, -0.05) is 0 Å². The van der Waals surface area contributed by atoms with Crippen LogP contribution in [0, 0.1) is 5.92 Å². The molecule has 0 aromatic carbocycles. The van der Waals surface area contributed by atoms with Gasteiger partial charge in [-0.2, -0.15) is 0 Å². The minimum Gasteiger partial charge on any atom is -0.463 e. The summed E-state index contributed by atoms with van der Waals surface area (Å²) in [7, 11) is 0. The maximum Gasteiger partial charge on any atom is 0.336 e. The highest BCUT2D eigenvalue weighted by molar-refractivity contribution is 5.90. The molecule has 100 valence electrons. The Morgan fingerprint density at radius 2 is 2.44 bits per heavy atom. The van der Waals surface area contributed by atoms with Crippen LogP contribution in [0.2, 0.25) is 0 Å². The molecule has 0 spiro atoms. The lowest BCUT2D eigenvalue weighted by Crippen LogP contribution is -2.62. The van der Waals surface area contributed by atoms with Crippen LogP contribution >= 0.6 is 0 Å². The van der Waals surface area contributed by atoms with E-state index in [0.29, 0.717) is 30.9 Å². The van der Waals surface area contributed by atoms with Gasteiger partial charge in [-0.15, -0.1) is 0 Å². The van der Waals surface area contributed by atoms with Gasteiger partial charge in [-0.05, 0) is 13.8 Å². The van der Waals surface area contributed by atoms with Gasteiger partial charge in [0.1, 0.15) is 0 Å². The summed E-state index contributed by atoms with van der Waals surface area (Å²) in [6.45, 7) is 4.27. The van der Waals surface area contributed by atoms with Gasteiger partial charge in [0.2, 0.25) is 6.29 Å². The van der Waals surface area contributed by atoms with Gasteiger partial charge in [0.05, 0.1) is 24.9 Å². The molecule has 4 bridgehead atoms. The number of esters is 1. The number of nitrogens with one attached hydrogen (secondary N) is 1. The Balaban J connectivity index is 1.97. The van der Waals surface area contributed by atoms with Crippen LogP contribution < -0.4 is 5.32 Å². The number of rotatable bonds is 2. The van der Waals surface area contributed by atoms with Gasteiger partial charge in [-0.25, -0.2) is 4.79 Å². The van der Waals surface area contributed by atoms with E-state index in [9.17, 15) is 9.90 Å². The number of allylic oxidation sites excluding steroid dienone is 1. The molecular formula is C12H17NO5. The fourth-order valence-electron chi connectivity index (χ4n) is 3.03. The first-order chi connectivity index (χ1) is 8.55. The molecule has 0 amide bonds. The molecule has 2 N–H and O–H groups in total. The van der Waals surface area contributed by atoms with E-state index in [-0.39, 0.29) is 18.0 Å². The normalized spacial score (nSPS) is 41.6. The summed E-state index contributed by atoms with van der Waals surface area (Å²) in [6.07, 6.45) is -0.419. The number of carbonyl (C=O) groups excluding carboxylic acids is 1. The van der Waals surface area contributed by atoms with Crippen molar-refractivity contribution in [1.82, 2.24) is 5.32 Å². The SMILES string of the molecule is CCOC(=O)C1=C(C)NC2(O)CC1C1COC2O1. The topological polar surface area (TPSA) is 77.0 Å². The van der Waals surface area contributed by atoms with E-state index in [1.165, 1.54) is 0 Å². The van der Waals surface area contributed by atoms with Gasteiger partial charge in [-0.3, -0.25) is 0 Å². The lowest BCUT2D eigenvalue weighted by molar-refractivity contribution is -0.236. The standard InChI is InChI=1S/C12H17NO5/c1-3-16-10(14)9-6(2)13-12(15)4-7(9)8-5-17-11(12)18-8/h7-8,11,13,15H,3-5H2,1-2H3. The highest BCUT2D eigenvalue weighted by Crippen LogP contribution is 2.44. The third kappa shape index (κ3) is 1.56. The Labute approximate surface area is 105 Å². The number of ether oxygens (including phenoxy) is 3.